The number of aromatic carboxylic acids is 2. The third kappa shape index (κ3) is 1.59. The second-order valence-electron chi connectivity index (χ2n) is 4.88. The number of nitriles is 1. The fourth-order valence-electron chi connectivity index (χ4n) is 3.13. The van der Waals surface area contributed by atoms with Gasteiger partial charge in [-0.05, 0) is 30.4 Å². The fourth-order valence-corrected chi connectivity index (χ4v) is 3.13. The molecule has 0 unspecified atom stereocenters. The number of carbonyl (C=O) groups excluding carboxylic acids is 2. The van der Waals surface area contributed by atoms with E-state index in [2.05, 4.69) is 0 Å². The molecular formula is C14H8N3O4-. The Morgan fingerprint density at radius 2 is 1.81 bits per heavy atom. The van der Waals surface area contributed by atoms with Crippen LogP contribution in [-0.2, 0) is 12.8 Å². The van der Waals surface area contributed by atoms with Gasteiger partial charge in [0.1, 0.15) is 11.6 Å². The molecule has 0 radical (unpaired) electrons. The van der Waals surface area contributed by atoms with Gasteiger partial charge in [-0.2, -0.15) is 5.26 Å². The quantitative estimate of drug-likeness (QED) is 0.727. The molecule has 0 amide bonds. The van der Waals surface area contributed by atoms with Crippen LogP contribution in [0.25, 0.3) is 5.57 Å². The average Bonchev–Trinajstić information content (AvgIpc) is 3.00. The second-order valence-corrected chi connectivity index (χ2v) is 4.88. The minimum Gasteiger partial charge on any atom is -0.545 e. The first-order valence-electron chi connectivity index (χ1n) is 6.24. The first kappa shape index (κ1) is 13.0. The Balaban J connectivity index is 2.53. The van der Waals surface area contributed by atoms with Crippen molar-refractivity contribution in [2.45, 2.75) is 19.3 Å². The van der Waals surface area contributed by atoms with E-state index in [0.717, 1.165) is 4.70 Å². The van der Waals surface area contributed by atoms with E-state index in [-0.39, 0.29) is 16.8 Å². The summed E-state index contributed by atoms with van der Waals surface area (Å²) in [5.41, 5.74) is 8.02. The Morgan fingerprint density at radius 3 is 2.38 bits per heavy atom. The number of carboxylic acid groups (broad SMARTS) is 2. The van der Waals surface area contributed by atoms with Crippen molar-refractivity contribution in [2.24, 2.45) is 0 Å². The number of benzene rings is 1. The van der Waals surface area contributed by atoms with E-state index < -0.39 is 23.1 Å². The van der Waals surface area contributed by atoms with E-state index in [1.54, 1.807) is 6.07 Å². The Morgan fingerprint density at radius 1 is 1.19 bits per heavy atom. The lowest BCUT2D eigenvalue weighted by atomic mass is 9.89. The number of nitrogens with one attached hydrogen (secondary N) is 1. The normalized spacial score (nSPS) is 15.2. The summed E-state index contributed by atoms with van der Waals surface area (Å²) >= 11 is 0. The van der Waals surface area contributed by atoms with Gasteiger partial charge in [-0.25, -0.2) is 0 Å². The van der Waals surface area contributed by atoms with Crippen LogP contribution in [0.2, 0.25) is 0 Å². The smallest absolute Gasteiger partial charge is 0.250 e. The summed E-state index contributed by atoms with van der Waals surface area (Å²) < 4.78 is 0.920. The first-order chi connectivity index (χ1) is 9.97. The highest BCUT2D eigenvalue weighted by atomic mass is 16.4. The standard InChI is InChI=1S/C14H9N3O4/c15-4-6-5-17(16)12-8-3-1-2-7(8)10(13(18)19)11(9(6)12)14(20)21/h5,16H,1-3H2,(H-,18,19,20,21)/p-1. The molecule has 0 fully saturated rings. The van der Waals surface area contributed by atoms with E-state index in [1.165, 1.54) is 6.20 Å². The van der Waals surface area contributed by atoms with Crippen molar-refractivity contribution in [1.29, 1.82) is 10.8 Å². The topological polar surface area (TPSA) is 131 Å². The van der Waals surface area contributed by atoms with Crippen molar-refractivity contribution in [3.05, 3.63) is 34.0 Å². The lowest BCUT2D eigenvalue weighted by molar-refractivity contribution is -0.461. The van der Waals surface area contributed by atoms with Gasteiger partial charge < -0.3 is 19.8 Å². The van der Waals surface area contributed by atoms with Gasteiger partial charge in [0.05, 0.1) is 17.5 Å². The Kier molecular flexibility index (Phi) is 2.63. The van der Waals surface area contributed by atoms with Crippen LogP contribution in [0.3, 0.4) is 0 Å². The summed E-state index contributed by atoms with van der Waals surface area (Å²) in [4.78, 5) is 22.8. The van der Waals surface area contributed by atoms with Gasteiger partial charge >= 0.3 is 0 Å². The molecule has 1 aromatic carbocycles. The van der Waals surface area contributed by atoms with Crippen LogP contribution in [0.5, 0.6) is 0 Å². The molecule has 21 heavy (non-hydrogen) atoms. The van der Waals surface area contributed by atoms with E-state index in [9.17, 15) is 19.8 Å². The largest absolute Gasteiger partial charge is 0.545 e. The van der Waals surface area contributed by atoms with Crippen LogP contribution in [0.4, 0.5) is 5.69 Å². The van der Waals surface area contributed by atoms with Crippen LogP contribution >= 0.6 is 0 Å². The average molecular weight is 282 g/mol. The summed E-state index contributed by atoms with van der Waals surface area (Å²) in [6.45, 7) is 0. The van der Waals surface area contributed by atoms with E-state index in [4.69, 9.17) is 10.8 Å². The van der Waals surface area contributed by atoms with Crippen LogP contribution < -0.4 is 10.2 Å². The SMILES string of the molecule is N#CC1=C[N+](=N)c2c3c(c(C(=O)[O-])c(C(=O)[O-])c21)CCC3. The number of carbonyl (C=O) groups is 2. The van der Waals surface area contributed by atoms with Gasteiger partial charge in [0.15, 0.2) is 0 Å². The van der Waals surface area contributed by atoms with Crippen LogP contribution in [0, 0.1) is 16.9 Å². The highest BCUT2D eigenvalue weighted by Gasteiger charge is 2.39. The summed E-state index contributed by atoms with van der Waals surface area (Å²) in [6.07, 6.45) is 2.78. The maximum atomic E-state index is 11.4. The molecule has 0 bridgehead atoms. The molecule has 1 heterocycles. The molecule has 0 atom stereocenters. The van der Waals surface area contributed by atoms with Crippen molar-refractivity contribution in [3.8, 4) is 6.07 Å². The minimum absolute atomic E-state index is 0.0487. The van der Waals surface area contributed by atoms with Crippen LogP contribution in [0.1, 0.15) is 43.8 Å². The molecule has 1 aliphatic carbocycles. The molecule has 7 nitrogen and oxygen atoms in total. The van der Waals surface area contributed by atoms with Gasteiger partial charge in [-0.3, -0.25) is 0 Å². The number of nitrogens with zero attached hydrogens (tertiary/aromatic N) is 2. The Bertz CT molecular complexity index is 815. The van der Waals surface area contributed by atoms with Gasteiger partial charge in [0.25, 0.3) is 0 Å². The van der Waals surface area contributed by atoms with Crippen molar-refractivity contribution in [2.75, 3.05) is 0 Å². The van der Waals surface area contributed by atoms with Crippen molar-refractivity contribution in [3.63, 3.8) is 0 Å². The third-order valence-corrected chi connectivity index (χ3v) is 3.84. The maximum absolute atomic E-state index is 11.4. The highest BCUT2D eigenvalue weighted by molar-refractivity contribution is 6.09. The first-order valence-corrected chi connectivity index (χ1v) is 6.24. The molecule has 0 spiro atoms. The van der Waals surface area contributed by atoms with E-state index in [0.29, 0.717) is 30.4 Å². The molecule has 1 N–H and O–H groups in total. The number of hydrogen-bond acceptors (Lipinski definition) is 6. The second kappa shape index (κ2) is 4.24. The predicted octanol–water partition coefficient (Wildman–Crippen LogP) is -0.545. The lowest BCUT2D eigenvalue weighted by Gasteiger charge is -2.18. The third-order valence-electron chi connectivity index (χ3n) is 3.84. The Labute approximate surface area is 118 Å². The molecule has 1 aliphatic heterocycles. The number of hydrogen-bond donors (Lipinski definition) is 1. The minimum atomic E-state index is -1.68. The summed E-state index contributed by atoms with van der Waals surface area (Å²) in [7, 11) is 0. The van der Waals surface area contributed by atoms with Gasteiger partial charge in [-0.1, -0.05) is 4.70 Å². The Hall–Kier alpha value is -3.01. The molecular weight excluding hydrogens is 274 g/mol. The van der Waals surface area contributed by atoms with Crippen LogP contribution in [0.15, 0.2) is 6.20 Å². The molecule has 1 aromatic rings. The number of carboxylic acids is 2. The van der Waals surface area contributed by atoms with Crippen LogP contribution in [-0.4, -0.2) is 16.6 Å². The molecule has 0 saturated heterocycles. The highest BCUT2D eigenvalue weighted by Crippen LogP contribution is 2.45. The van der Waals surface area contributed by atoms with E-state index >= 15 is 0 Å². The molecule has 104 valence electrons. The summed E-state index contributed by atoms with van der Waals surface area (Å²) in [5, 5.41) is 31.9. The zero-order chi connectivity index (χ0) is 15.3. The summed E-state index contributed by atoms with van der Waals surface area (Å²) in [5.74, 6) is -3.28. The zero-order valence-corrected chi connectivity index (χ0v) is 10.7. The molecule has 0 aromatic heterocycles. The van der Waals surface area contributed by atoms with E-state index in [1.807, 2.05) is 0 Å². The molecule has 3 rings (SSSR count). The van der Waals surface area contributed by atoms with Gasteiger partial charge in [0, 0.05) is 16.7 Å². The number of fused-ring (bicyclic) bond motifs is 3. The fraction of sp³-hybridized carbons (Fsp3) is 0.214. The van der Waals surface area contributed by atoms with Gasteiger partial charge in [0.2, 0.25) is 11.9 Å². The molecule has 0 saturated carbocycles. The monoisotopic (exact) mass is 282 g/mol. The zero-order valence-electron chi connectivity index (χ0n) is 10.7. The van der Waals surface area contributed by atoms with Crippen molar-refractivity contribution in [1.82, 2.24) is 0 Å². The maximum Gasteiger partial charge on any atom is 0.250 e. The molecule has 2 aliphatic rings. The van der Waals surface area contributed by atoms with Gasteiger partial charge in [-0.15, -0.1) is 0 Å². The number of rotatable bonds is 2. The summed E-state index contributed by atoms with van der Waals surface area (Å²) in [6, 6.07) is 1.80. The predicted molar refractivity (Wildman–Crippen MR) is 63.4 cm³/mol. The molecule has 7 heteroatoms. The number of allylic oxidation sites excluding steroid dienone is 1. The van der Waals surface area contributed by atoms with Crippen molar-refractivity contribution >= 4 is 23.2 Å². The van der Waals surface area contributed by atoms with Crippen molar-refractivity contribution < 1.29 is 24.5 Å². The lowest BCUT2D eigenvalue weighted by Crippen LogP contribution is -2.32.